The molecule has 0 saturated heterocycles. The van der Waals surface area contributed by atoms with Crippen LogP contribution in [0.1, 0.15) is 219 Å². The molecule has 372 valence electrons. The van der Waals surface area contributed by atoms with E-state index in [-0.39, 0.29) is 32.0 Å². The minimum Gasteiger partial charge on any atom is -0.462 e. The highest BCUT2D eigenvalue weighted by Gasteiger charge is 2.27. The van der Waals surface area contributed by atoms with Gasteiger partial charge in [0.05, 0.1) is 27.7 Å². The number of hydrogen-bond donors (Lipinski definition) is 1. The summed E-state index contributed by atoms with van der Waals surface area (Å²) in [7, 11) is 1.46. The van der Waals surface area contributed by atoms with E-state index in [0.717, 1.165) is 77.0 Å². The first-order valence-electron chi connectivity index (χ1n) is 26.0. The molecule has 0 saturated carbocycles. The van der Waals surface area contributed by atoms with Crippen LogP contribution < -0.4 is 0 Å². The zero-order valence-corrected chi connectivity index (χ0v) is 42.9. The number of esters is 2. The molecule has 64 heavy (non-hydrogen) atoms. The molecule has 0 aliphatic carbocycles. The molecule has 0 aliphatic heterocycles. The molecule has 2 atom stereocenters. The second kappa shape index (κ2) is 45.8. The van der Waals surface area contributed by atoms with Crippen LogP contribution in [0.15, 0.2) is 60.8 Å². The molecule has 0 bridgehead atoms. The lowest BCUT2D eigenvalue weighted by molar-refractivity contribution is -0.870. The summed E-state index contributed by atoms with van der Waals surface area (Å²) in [6.07, 6.45) is 57.1. The van der Waals surface area contributed by atoms with Gasteiger partial charge in [0.1, 0.15) is 19.8 Å². The Morgan fingerprint density at radius 2 is 0.891 bits per heavy atom. The van der Waals surface area contributed by atoms with Crippen LogP contribution in [0.4, 0.5) is 0 Å². The molecular formula is C54H99NO8P+. The van der Waals surface area contributed by atoms with Crippen molar-refractivity contribution in [1.29, 1.82) is 0 Å². The van der Waals surface area contributed by atoms with Gasteiger partial charge in [-0.3, -0.25) is 18.6 Å². The smallest absolute Gasteiger partial charge is 0.462 e. The van der Waals surface area contributed by atoms with Crippen LogP contribution >= 0.6 is 7.82 Å². The van der Waals surface area contributed by atoms with Crippen molar-refractivity contribution in [3.63, 3.8) is 0 Å². The highest BCUT2D eigenvalue weighted by atomic mass is 31.2. The molecule has 0 aliphatic rings. The Balaban J connectivity index is 4.19. The van der Waals surface area contributed by atoms with E-state index in [2.05, 4.69) is 74.6 Å². The topological polar surface area (TPSA) is 108 Å². The number of nitrogens with zero attached hydrogens (tertiary/aromatic N) is 1. The molecule has 0 heterocycles. The van der Waals surface area contributed by atoms with Crippen LogP contribution in [0.5, 0.6) is 0 Å². The number of rotatable bonds is 47. The minimum atomic E-state index is -4.39. The van der Waals surface area contributed by atoms with Gasteiger partial charge in [-0.1, -0.05) is 190 Å². The van der Waals surface area contributed by atoms with E-state index in [9.17, 15) is 19.0 Å². The molecular weight excluding hydrogens is 822 g/mol. The van der Waals surface area contributed by atoms with E-state index in [1.165, 1.54) is 109 Å². The highest BCUT2D eigenvalue weighted by molar-refractivity contribution is 7.47. The maximum absolute atomic E-state index is 12.7. The van der Waals surface area contributed by atoms with Crippen molar-refractivity contribution in [2.45, 2.75) is 225 Å². The zero-order valence-electron chi connectivity index (χ0n) is 42.0. The van der Waals surface area contributed by atoms with E-state index in [1.54, 1.807) is 0 Å². The third-order valence-corrected chi connectivity index (χ3v) is 12.0. The number of carbonyl (C=O) groups excluding carboxylic acids is 2. The number of unbranched alkanes of at least 4 members (excludes halogenated alkanes) is 23. The second-order valence-corrected chi connectivity index (χ2v) is 20.0. The molecule has 2 unspecified atom stereocenters. The van der Waals surface area contributed by atoms with Crippen LogP contribution in [0.2, 0.25) is 0 Å². The summed E-state index contributed by atoms with van der Waals surface area (Å²) >= 11 is 0. The number of hydrogen-bond acceptors (Lipinski definition) is 7. The van der Waals surface area contributed by atoms with Crippen LogP contribution in [0, 0.1) is 0 Å². The summed E-state index contributed by atoms with van der Waals surface area (Å²) in [5.41, 5.74) is 0. The zero-order chi connectivity index (χ0) is 47.1. The average molecular weight is 921 g/mol. The maximum Gasteiger partial charge on any atom is 0.472 e. The molecule has 10 heteroatoms. The minimum absolute atomic E-state index is 0.0262. The van der Waals surface area contributed by atoms with Crippen LogP contribution in [-0.4, -0.2) is 74.9 Å². The number of ether oxygens (including phenoxy) is 2. The fourth-order valence-electron chi connectivity index (χ4n) is 7.00. The van der Waals surface area contributed by atoms with Crippen molar-refractivity contribution in [2.24, 2.45) is 0 Å². The molecule has 0 radical (unpaired) electrons. The third kappa shape index (κ3) is 49.2. The van der Waals surface area contributed by atoms with Gasteiger partial charge in [0.15, 0.2) is 6.10 Å². The quantitative estimate of drug-likeness (QED) is 0.0211. The van der Waals surface area contributed by atoms with Crippen LogP contribution in [0.25, 0.3) is 0 Å². The van der Waals surface area contributed by atoms with Gasteiger partial charge in [0, 0.05) is 12.8 Å². The van der Waals surface area contributed by atoms with Crippen LogP contribution in [0.3, 0.4) is 0 Å². The summed E-state index contributed by atoms with van der Waals surface area (Å²) in [4.78, 5) is 35.5. The van der Waals surface area contributed by atoms with Crippen molar-refractivity contribution in [3.05, 3.63) is 60.8 Å². The highest BCUT2D eigenvalue weighted by Crippen LogP contribution is 2.43. The molecule has 0 fully saturated rings. The summed E-state index contributed by atoms with van der Waals surface area (Å²) < 4.78 is 34.4. The third-order valence-electron chi connectivity index (χ3n) is 11.0. The molecule has 0 aromatic carbocycles. The largest absolute Gasteiger partial charge is 0.472 e. The second-order valence-electron chi connectivity index (χ2n) is 18.5. The number of likely N-dealkylation sites (N-methyl/N-ethyl adjacent to an activating group) is 1. The Labute approximate surface area is 394 Å². The molecule has 9 nitrogen and oxygen atoms in total. The normalized spacial score (nSPS) is 13.9. The monoisotopic (exact) mass is 921 g/mol. The summed E-state index contributed by atoms with van der Waals surface area (Å²) in [6.45, 7) is 4.29. The van der Waals surface area contributed by atoms with Gasteiger partial charge in [0.25, 0.3) is 0 Å². The summed E-state index contributed by atoms with van der Waals surface area (Å²) in [6, 6.07) is 0. The lowest BCUT2D eigenvalue weighted by atomic mass is 10.0. The molecule has 0 aromatic heterocycles. The lowest BCUT2D eigenvalue weighted by Gasteiger charge is -2.24. The summed E-state index contributed by atoms with van der Waals surface area (Å²) in [5.74, 6) is -0.817. The van der Waals surface area contributed by atoms with E-state index < -0.39 is 26.5 Å². The van der Waals surface area contributed by atoms with Gasteiger partial charge >= 0.3 is 19.8 Å². The number of phosphoric ester groups is 1. The van der Waals surface area contributed by atoms with E-state index in [0.29, 0.717) is 17.4 Å². The van der Waals surface area contributed by atoms with E-state index in [1.807, 2.05) is 21.1 Å². The Morgan fingerprint density at radius 1 is 0.500 bits per heavy atom. The maximum atomic E-state index is 12.7. The van der Waals surface area contributed by atoms with E-state index >= 15 is 0 Å². The summed E-state index contributed by atoms with van der Waals surface area (Å²) in [5, 5.41) is 0. The molecule has 0 spiro atoms. The number of carbonyl (C=O) groups is 2. The Morgan fingerprint density at radius 3 is 1.33 bits per heavy atom. The molecule has 1 N–H and O–H groups in total. The van der Waals surface area contributed by atoms with Gasteiger partial charge in [-0.15, -0.1) is 0 Å². The van der Waals surface area contributed by atoms with Gasteiger partial charge in [-0.2, -0.15) is 0 Å². The number of quaternary nitrogens is 1. The van der Waals surface area contributed by atoms with Crippen molar-refractivity contribution in [2.75, 3.05) is 47.5 Å². The fraction of sp³-hybridized carbons (Fsp3) is 0.778. The van der Waals surface area contributed by atoms with Gasteiger partial charge in [0.2, 0.25) is 0 Å². The predicted octanol–water partition coefficient (Wildman–Crippen LogP) is 15.6. The Bertz CT molecular complexity index is 1270. The lowest BCUT2D eigenvalue weighted by Crippen LogP contribution is -2.37. The van der Waals surface area contributed by atoms with Gasteiger partial charge in [-0.05, 0) is 77.0 Å². The van der Waals surface area contributed by atoms with E-state index in [4.69, 9.17) is 18.5 Å². The Kier molecular flexibility index (Phi) is 44.2. The van der Waals surface area contributed by atoms with Crippen LogP contribution in [-0.2, 0) is 32.7 Å². The Hall–Kier alpha value is -2.29. The molecule has 0 rings (SSSR count). The fourth-order valence-corrected chi connectivity index (χ4v) is 7.74. The number of allylic oxidation sites excluding steroid dienone is 10. The van der Waals surface area contributed by atoms with Crippen molar-refractivity contribution in [3.8, 4) is 0 Å². The van der Waals surface area contributed by atoms with Gasteiger partial charge < -0.3 is 18.9 Å². The molecule has 0 aromatic rings. The predicted molar refractivity (Wildman–Crippen MR) is 270 cm³/mol. The van der Waals surface area contributed by atoms with Gasteiger partial charge in [-0.25, -0.2) is 4.57 Å². The van der Waals surface area contributed by atoms with Crippen molar-refractivity contribution in [1.82, 2.24) is 0 Å². The average Bonchev–Trinajstić information content (AvgIpc) is 3.25. The van der Waals surface area contributed by atoms with Crippen molar-refractivity contribution >= 4 is 19.8 Å². The standard InChI is InChI=1S/C54H98NO8P/c1-6-8-10-12-14-16-18-20-22-23-24-25-26-27-28-29-30-31-33-34-36-38-40-42-44-46-53(56)60-50-52(51-62-64(58,59)61-49-48-55(3,4)5)63-54(57)47-45-43-41-39-37-35-32-21-19-17-15-13-11-9-7-2/h9,11,15,17-18,20-21,23-24,32,52H,6-8,10,12-14,16,19,22,25-31,33-51H2,1-5H3/p+1/b11-9-,17-15-,20-18-,24-23-,32-21-. The number of phosphoric acid groups is 1. The molecule has 0 amide bonds. The SMILES string of the molecule is CC/C=C\C/C=C\C/C=C\CCCCCCCC(=O)OC(COC(=O)CCCCCCCCCCCCCCC/C=C\C/C=C\CCCCCCC)COP(=O)(O)OCC[N+](C)(C)C. The van der Waals surface area contributed by atoms with Crippen molar-refractivity contribution < 1.29 is 42.1 Å². The first-order chi connectivity index (χ1) is 31.0. The first kappa shape index (κ1) is 61.7. The first-order valence-corrected chi connectivity index (χ1v) is 27.5.